The van der Waals surface area contributed by atoms with Gasteiger partial charge in [0.15, 0.2) is 0 Å². The first-order valence-corrected chi connectivity index (χ1v) is 6.29. The number of hydrogen-bond donors (Lipinski definition) is 0. The summed E-state index contributed by atoms with van der Waals surface area (Å²) < 4.78 is 5.45. The lowest BCUT2D eigenvalue weighted by Gasteiger charge is -2.24. The molecule has 1 aliphatic rings. The molecule has 0 aromatic rings. The molecule has 1 heterocycles. The molecule has 0 N–H and O–H groups in total. The Balaban J connectivity index is 2.52. The number of alkyl halides is 1. The van der Waals surface area contributed by atoms with E-state index in [9.17, 15) is 4.79 Å². The highest BCUT2D eigenvalue weighted by atomic mass is 79.9. The molecule has 0 bridgehead atoms. The van der Waals surface area contributed by atoms with Gasteiger partial charge in [0.05, 0.1) is 0 Å². The van der Waals surface area contributed by atoms with E-state index in [-0.39, 0.29) is 12.0 Å². The van der Waals surface area contributed by atoms with E-state index in [1.54, 1.807) is 0 Å². The van der Waals surface area contributed by atoms with Gasteiger partial charge in [0, 0.05) is 25.0 Å². The standard InChI is InChI=1S/C10H18BrNO2/c1-3-12(6-5-11)10(13)9-8(2)4-7-14-9/h8-9H,3-7H2,1-2H3. The van der Waals surface area contributed by atoms with Crippen LogP contribution in [-0.2, 0) is 9.53 Å². The molecule has 0 aliphatic carbocycles. The van der Waals surface area contributed by atoms with E-state index >= 15 is 0 Å². The van der Waals surface area contributed by atoms with Crippen LogP contribution in [0.4, 0.5) is 0 Å². The Kier molecular flexibility index (Phi) is 4.89. The molecule has 0 radical (unpaired) electrons. The van der Waals surface area contributed by atoms with Gasteiger partial charge in [-0.25, -0.2) is 0 Å². The molecule has 0 aromatic carbocycles. The fourth-order valence-corrected chi connectivity index (χ4v) is 2.15. The van der Waals surface area contributed by atoms with Gasteiger partial charge < -0.3 is 9.64 Å². The highest BCUT2D eigenvalue weighted by Crippen LogP contribution is 2.21. The Morgan fingerprint density at radius 2 is 2.36 bits per heavy atom. The number of carbonyl (C=O) groups excluding carboxylic acids is 1. The van der Waals surface area contributed by atoms with E-state index in [2.05, 4.69) is 22.9 Å². The van der Waals surface area contributed by atoms with E-state index in [1.807, 2.05) is 11.8 Å². The van der Waals surface area contributed by atoms with Crippen molar-refractivity contribution >= 4 is 21.8 Å². The van der Waals surface area contributed by atoms with Crippen LogP contribution >= 0.6 is 15.9 Å². The second-order valence-electron chi connectivity index (χ2n) is 3.66. The van der Waals surface area contributed by atoms with Gasteiger partial charge in [-0.1, -0.05) is 22.9 Å². The van der Waals surface area contributed by atoms with Crippen molar-refractivity contribution in [2.75, 3.05) is 25.0 Å². The van der Waals surface area contributed by atoms with Crippen molar-refractivity contribution in [1.82, 2.24) is 4.90 Å². The zero-order chi connectivity index (χ0) is 10.6. The molecule has 14 heavy (non-hydrogen) atoms. The fourth-order valence-electron chi connectivity index (χ4n) is 1.72. The summed E-state index contributed by atoms with van der Waals surface area (Å²) in [5.41, 5.74) is 0. The SMILES string of the molecule is CCN(CCBr)C(=O)C1OCCC1C. The molecule has 1 fully saturated rings. The zero-order valence-electron chi connectivity index (χ0n) is 8.83. The molecule has 3 nitrogen and oxygen atoms in total. The van der Waals surface area contributed by atoms with Crippen LogP contribution in [0.25, 0.3) is 0 Å². The van der Waals surface area contributed by atoms with Crippen LogP contribution < -0.4 is 0 Å². The van der Waals surface area contributed by atoms with Gasteiger partial charge in [-0.05, 0) is 19.3 Å². The zero-order valence-corrected chi connectivity index (χ0v) is 10.4. The van der Waals surface area contributed by atoms with Crippen molar-refractivity contribution in [3.8, 4) is 0 Å². The third-order valence-electron chi connectivity index (χ3n) is 2.68. The minimum atomic E-state index is -0.200. The lowest BCUT2D eigenvalue weighted by molar-refractivity contribution is -0.141. The topological polar surface area (TPSA) is 29.5 Å². The molecule has 1 rings (SSSR count). The average molecular weight is 264 g/mol. The number of carbonyl (C=O) groups is 1. The number of amides is 1. The minimum absolute atomic E-state index is 0.150. The number of rotatable bonds is 4. The van der Waals surface area contributed by atoms with Crippen molar-refractivity contribution in [3.63, 3.8) is 0 Å². The van der Waals surface area contributed by atoms with Gasteiger partial charge in [-0.2, -0.15) is 0 Å². The number of ether oxygens (including phenoxy) is 1. The largest absolute Gasteiger partial charge is 0.368 e. The molecule has 1 amide bonds. The predicted octanol–water partition coefficient (Wildman–Crippen LogP) is 1.65. The third kappa shape index (κ3) is 2.70. The second-order valence-corrected chi connectivity index (χ2v) is 4.46. The van der Waals surface area contributed by atoms with Crippen molar-refractivity contribution < 1.29 is 9.53 Å². The normalized spacial score (nSPS) is 26.5. The quantitative estimate of drug-likeness (QED) is 0.723. The maximum Gasteiger partial charge on any atom is 0.251 e. The molecule has 1 aliphatic heterocycles. The third-order valence-corrected chi connectivity index (χ3v) is 3.03. The highest BCUT2D eigenvalue weighted by molar-refractivity contribution is 9.09. The lowest BCUT2D eigenvalue weighted by Crippen LogP contribution is -2.42. The van der Waals surface area contributed by atoms with Crippen molar-refractivity contribution in [1.29, 1.82) is 0 Å². The number of halogens is 1. The van der Waals surface area contributed by atoms with E-state index in [0.29, 0.717) is 5.92 Å². The monoisotopic (exact) mass is 263 g/mol. The molecule has 0 saturated carbocycles. The average Bonchev–Trinajstić information content (AvgIpc) is 2.59. The Bertz CT molecular complexity index is 199. The molecular formula is C10H18BrNO2. The second kappa shape index (κ2) is 5.71. The van der Waals surface area contributed by atoms with E-state index < -0.39 is 0 Å². The Labute approximate surface area is 93.9 Å². The smallest absolute Gasteiger partial charge is 0.251 e. The molecule has 1 saturated heterocycles. The lowest BCUT2D eigenvalue weighted by atomic mass is 10.0. The molecule has 2 unspecified atom stereocenters. The summed E-state index contributed by atoms with van der Waals surface area (Å²) in [6.07, 6.45) is 0.802. The van der Waals surface area contributed by atoms with Crippen molar-refractivity contribution in [3.05, 3.63) is 0 Å². The number of likely N-dealkylation sites (N-methyl/N-ethyl adjacent to an activating group) is 1. The maximum atomic E-state index is 12.0. The van der Waals surface area contributed by atoms with Gasteiger partial charge >= 0.3 is 0 Å². The summed E-state index contributed by atoms with van der Waals surface area (Å²) in [6, 6.07) is 0. The first-order chi connectivity index (χ1) is 6.70. The Morgan fingerprint density at radius 3 is 2.79 bits per heavy atom. The summed E-state index contributed by atoms with van der Waals surface area (Å²) >= 11 is 3.35. The predicted molar refractivity (Wildman–Crippen MR) is 59.6 cm³/mol. The molecule has 0 aromatic heterocycles. The van der Waals surface area contributed by atoms with Gasteiger partial charge in [0.2, 0.25) is 0 Å². The van der Waals surface area contributed by atoms with Crippen LogP contribution in [-0.4, -0.2) is 41.9 Å². The van der Waals surface area contributed by atoms with Crippen molar-refractivity contribution in [2.45, 2.75) is 26.4 Å². The minimum Gasteiger partial charge on any atom is -0.368 e. The first-order valence-electron chi connectivity index (χ1n) is 5.17. The summed E-state index contributed by atoms with van der Waals surface area (Å²) in [6.45, 7) is 6.33. The van der Waals surface area contributed by atoms with Gasteiger partial charge in [0.25, 0.3) is 5.91 Å². The van der Waals surface area contributed by atoms with Crippen LogP contribution in [0.15, 0.2) is 0 Å². The van der Waals surface area contributed by atoms with Crippen molar-refractivity contribution in [2.24, 2.45) is 5.92 Å². The summed E-state index contributed by atoms with van der Waals surface area (Å²) in [4.78, 5) is 13.8. The maximum absolute atomic E-state index is 12.0. The van der Waals surface area contributed by atoms with Gasteiger partial charge in [-0.3, -0.25) is 4.79 Å². The Hall–Kier alpha value is -0.0900. The van der Waals surface area contributed by atoms with Crippen LogP contribution in [0.2, 0.25) is 0 Å². The molecule has 82 valence electrons. The van der Waals surface area contributed by atoms with Crippen LogP contribution in [0.1, 0.15) is 20.3 Å². The highest BCUT2D eigenvalue weighted by Gasteiger charge is 2.33. The fraction of sp³-hybridized carbons (Fsp3) is 0.900. The first kappa shape index (κ1) is 12.0. The van der Waals surface area contributed by atoms with E-state index in [1.165, 1.54) is 0 Å². The molecule has 2 atom stereocenters. The molecule has 4 heteroatoms. The number of nitrogens with zero attached hydrogens (tertiary/aromatic N) is 1. The van der Waals surface area contributed by atoms with Crippen LogP contribution in [0, 0.1) is 5.92 Å². The van der Waals surface area contributed by atoms with Crippen LogP contribution in [0.5, 0.6) is 0 Å². The summed E-state index contributed by atoms with van der Waals surface area (Å²) in [7, 11) is 0. The van der Waals surface area contributed by atoms with E-state index in [0.717, 1.165) is 31.4 Å². The molecule has 0 spiro atoms. The molecular weight excluding hydrogens is 246 g/mol. The van der Waals surface area contributed by atoms with Gasteiger partial charge in [0.1, 0.15) is 6.10 Å². The van der Waals surface area contributed by atoms with Gasteiger partial charge in [-0.15, -0.1) is 0 Å². The summed E-state index contributed by atoms with van der Waals surface area (Å²) in [5.74, 6) is 0.517. The van der Waals surface area contributed by atoms with Crippen LogP contribution in [0.3, 0.4) is 0 Å². The van der Waals surface area contributed by atoms with E-state index in [4.69, 9.17) is 4.74 Å². The number of hydrogen-bond acceptors (Lipinski definition) is 2. The summed E-state index contributed by atoms with van der Waals surface area (Å²) in [5, 5.41) is 0.827. The Morgan fingerprint density at radius 1 is 1.64 bits per heavy atom.